The molecular weight excluding hydrogens is 258 g/mol. The average Bonchev–Trinajstić information content (AvgIpc) is 3.13. The predicted molar refractivity (Wildman–Crippen MR) is 89.6 cm³/mol. The molecule has 1 aromatic rings. The minimum absolute atomic E-state index is 0.312. The van der Waals surface area contributed by atoms with Gasteiger partial charge in [-0.05, 0) is 43.7 Å². The van der Waals surface area contributed by atoms with Crippen LogP contribution in [0.25, 0.3) is 0 Å². The minimum Gasteiger partial charge on any atom is -0.313 e. The molecule has 0 bridgehead atoms. The van der Waals surface area contributed by atoms with Crippen molar-refractivity contribution in [2.45, 2.75) is 84.7 Å². The summed E-state index contributed by atoms with van der Waals surface area (Å²) in [4.78, 5) is 0. The van der Waals surface area contributed by atoms with Gasteiger partial charge in [0.15, 0.2) is 0 Å². The van der Waals surface area contributed by atoms with Gasteiger partial charge in [0.25, 0.3) is 0 Å². The summed E-state index contributed by atoms with van der Waals surface area (Å²) in [5, 5.41) is 8.60. The third kappa shape index (κ3) is 4.32. The number of hydrogen-bond acceptors (Lipinski definition) is 2. The van der Waals surface area contributed by atoms with E-state index in [1.54, 1.807) is 0 Å². The second kappa shape index (κ2) is 7.44. The van der Waals surface area contributed by atoms with Gasteiger partial charge < -0.3 is 5.32 Å². The van der Waals surface area contributed by atoms with Gasteiger partial charge in [0.2, 0.25) is 0 Å². The Morgan fingerprint density at radius 2 is 2.05 bits per heavy atom. The Kier molecular flexibility index (Phi) is 5.86. The van der Waals surface area contributed by atoms with Gasteiger partial charge in [-0.3, -0.25) is 4.68 Å². The molecule has 3 heteroatoms. The zero-order valence-corrected chi connectivity index (χ0v) is 14.4. The molecule has 1 saturated carbocycles. The molecule has 1 atom stereocenters. The molecule has 0 aromatic carbocycles. The van der Waals surface area contributed by atoms with Crippen LogP contribution in [0.4, 0.5) is 0 Å². The molecule has 0 spiro atoms. The van der Waals surface area contributed by atoms with Gasteiger partial charge in [0.05, 0.1) is 11.7 Å². The lowest BCUT2D eigenvalue weighted by Gasteiger charge is -2.34. The third-order valence-electron chi connectivity index (χ3n) is 5.27. The molecule has 0 aliphatic heterocycles. The van der Waals surface area contributed by atoms with Crippen molar-refractivity contribution < 1.29 is 0 Å². The van der Waals surface area contributed by atoms with E-state index in [1.165, 1.54) is 44.2 Å². The highest BCUT2D eigenvalue weighted by molar-refractivity contribution is 5.04. The maximum Gasteiger partial charge on any atom is 0.0640 e. The highest BCUT2D eigenvalue weighted by Crippen LogP contribution is 2.30. The van der Waals surface area contributed by atoms with Crippen LogP contribution in [0, 0.1) is 5.41 Å². The van der Waals surface area contributed by atoms with E-state index in [4.69, 9.17) is 5.10 Å². The van der Waals surface area contributed by atoms with Crippen LogP contribution >= 0.6 is 0 Å². The normalized spacial score (nSPS) is 18.3. The fourth-order valence-corrected chi connectivity index (χ4v) is 3.26. The van der Waals surface area contributed by atoms with Crippen LogP contribution in [0.1, 0.15) is 78.0 Å². The van der Waals surface area contributed by atoms with Gasteiger partial charge in [-0.25, -0.2) is 0 Å². The topological polar surface area (TPSA) is 29.9 Å². The molecule has 0 radical (unpaired) electrons. The second-order valence-electron chi connectivity index (χ2n) is 7.28. The van der Waals surface area contributed by atoms with Crippen LogP contribution in [0.3, 0.4) is 0 Å². The number of nitrogens with zero attached hydrogens (tertiary/aromatic N) is 2. The van der Waals surface area contributed by atoms with Gasteiger partial charge in [0, 0.05) is 18.7 Å². The van der Waals surface area contributed by atoms with Crippen molar-refractivity contribution in [3.05, 3.63) is 18.0 Å². The molecule has 2 rings (SSSR count). The summed E-state index contributed by atoms with van der Waals surface area (Å²) in [7, 11) is 0. The van der Waals surface area contributed by atoms with E-state index in [1.807, 2.05) is 0 Å². The Labute approximate surface area is 130 Å². The van der Waals surface area contributed by atoms with Crippen LogP contribution in [-0.4, -0.2) is 22.4 Å². The SMILES string of the molecule is CCCNC(Cc1ccn(C2CCCC2)n1)C(C)(C)CC. The molecule has 0 amide bonds. The van der Waals surface area contributed by atoms with Crippen molar-refractivity contribution in [1.82, 2.24) is 15.1 Å². The molecule has 1 N–H and O–H groups in total. The van der Waals surface area contributed by atoms with Gasteiger partial charge in [0.1, 0.15) is 0 Å². The Hall–Kier alpha value is -0.830. The smallest absolute Gasteiger partial charge is 0.0640 e. The van der Waals surface area contributed by atoms with Gasteiger partial charge in [-0.1, -0.05) is 40.5 Å². The van der Waals surface area contributed by atoms with Crippen molar-refractivity contribution in [3.63, 3.8) is 0 Å². The number of nitrogens with one attached hydrogen (secondary N) is 1. The van der Waals surface area contributed by atoms with Crippen molar-refractivity contribution in [1.29, 1.82) is 0 Å². The second-order valence-corrected chi connectivity index (χ2v) is 7.28. The van der Waals surface area contributed by atoms with Crippen molar-refractivity contribution in [2.24, 2.45) is 5.41 Å². The molecule has 21 heavy (non-hydrogen) atoms. The van der Waals surface area contributed by atoms with Crippen molar-refractivity contribution in [3.8, 4) is 0 Å². The highest BCUT2D eigenvalue weighted by atomic mass is 15.3. The van der Waals surface area contributed by atoms with Crippen LogP contribution in [0.2, 0.25) is 0 Å². The highest BCUT2D eigenvalue weighted by Gasteiger charge is 2.28. The Bertz CT molecular complexity index is 416. The van der Waals surface area contributed by atoms with E-state index in [-0.39, 0.29) is 0 Å². The lowest BCUT2D eigenvalue weighted by Crippen LogP contribution is -2.43. The molecule has 3 nitrogen and oxygen atoms in total. The van der Waals surface area contributed by atoms with E-state index in [2.05, 4.69) is 50.0 Å². The Balaban J connectivity index is 2.02. The van der Waals surface area contributed by atoms with Gasteiger partial charge >= 0.3 is 0 Å². The van der Waals surface area contributed by atoms with Gasteiger partial charge in [-0.2, -0.15) is 5.10 Å². The summed E-state index contributed by atoms with van der Waals surface area (Å²) in [5.41, 5.74) is 1.56. The molecule has 1 fully saturated rings. The summed E-state index contributed by atoms with van der Waals surface area (Å²) in [6.07, 6.45) is 11.0. The largest absolute Gasteiger partial charge is 0.313 e. The summed E-state index contributed by atoms with van der Waals surface area (Å²) >= 11 is 0. The van der Waals surface area contributed by atoms with Gasteiger partial charge in [-0.15, -0.1) is 0 Å². The predicted octanol–water partition coefficient (Wildman–Crippen LogP) is 4.35. The zero-order chi connectivity index (χ0) is 15.3. The molecular formula is C18H33N3. The number of aromatic nitrogens is 2. The molecule has 1 heterocycles. The summed E-state index contributed by atoms with van der Waals surface area (Å²) < 4.78 is 2.22. The van der Waals surface area contributed by atoms with Crippen molar-refractivity contribution in [2.75, 3.05) is 6.54 Å². The Morgan fingerprint density at radius 3 is 2.67 bits per heavy atom. The van der Waals surface area contributed by atoms with E-state index < -0.39 is 0 Å². The van der Waals surface area contributed by atoms with E-state index in [0.717, 1.165) is 13.0 Å². The fourth-order valence-electron chi connectivity index (χ4n) is 3.26. The molecule has 120 valence electrons. The average molecular weight is 291 g/mol. The van der Waals surface area contributed by atoms with Crippen LogP contribution in [0.15, 0.2) is 12.3 Å². The summed E-state index contributed by atoms with van der Waals surface area (Å²) in [5.74, 6) is 0. The maximum atomic E-state index is 4.86. The quantitative estimate of drug-likeness (QED) is 0.772. The minimum atomic E-state index is 0.312. The van der Waals surface area contributed by atoms with E-state index in [0.29, 0.717) is 17.5 Å². The molecule has 1 aliphatic rings. The fraction of sp³-hybridized carbons (Fsp3) is 0.833. The number of rotatable bonds is 8. The third-order valence-corrected chi connectivity index (χ3v) is 5.27. The number of hydrogen-bond donors (Lipinski definition) is 1. The summed E-state index contributed by atoms with van der Waals surface area (Å²) in [6.45, 7) is 10.4. The first kappa shape index (κ1) is 16.5. The monoisotopic (exact) mass is 291 g/mol. The Morgan fingerprint density at radius 1 is 1.33 bits per heavy atom. The summed E-state index contributed by atoms with van der Waals surface area (Å²) in [6, 6.07) is 3.39. The molecule has 1 aromatic heterocycles. The molecule has 0 saturated heterocycles. The maximum absolute atomic E-state index is 4.86. The van der Waals surface area contributed by atoms with E-state index >= 15 is 0 Å². The van der Waals surface area contributed by atoms with Crippen molar-refractivity contribution >= 4 is 0 Å². The standard InChI is InChI=1S/C18H33N3/c1-5-12-19-17(18(3,4)6-2)14-15-11-13-21(20-15)16-9-7-8-10-16/h11,13,16-17,19H,5-10,12,14H2,1-4H3. The van der Waals surface area contributed by atoms with Crippen LogP contribution in [0.5, 0.6) is 0 Å². The first-order valence-corrected chi connectivity index (χ1v) is 8.84. The first-order valence-electron chi connectivity index (χ1n) is 8.84. The lowest BCUT2D eigenvalue weighted by molar-refractivity contribution is 0.228. The molecule has 1 aliphatic carbocycles. The first-order chi connectivity index (χ1) is 10.1. The zero-order valence-electron chi connectivity index (χ0n) is 14.4. The van der Waals surface area contributed by atoms with E-state index in [9.17, 15) is 0 Å². The molecule has 1 unspecified atom stereocenters. The lowest BCUT2D eigenvalue weighted by atomic mass is 9.79. The van der Waals surface area contributed by atoms with Crippen LogP contribution in [-0.2, 0) is 6.42 Å². The van der Waals surface area contributed by atoms with Crippen LogP contribution < -0.4 is 5.32 Å².